The Morgan fingerprint density at radius 1 is 1.09 bits per heavy atom. The Labute approximate surface area is 191 Å². The molecule has 2 aromatic carbocycles. The van der Waals surface area contributed by atoms with Crippen LogP contribution in [0, 0.1) is 0 Å². The summed E-state index contributed by atoms with van der Waals surface area (Å²) in [7, 11) is 3.91. The van der Waals surface area contributed by atoms with Gasteiger partial charge >= 0.3 is 0 Å². The molecule has 1 saturated heterocycles. The zero-order valence-electron chi connectivity index (χ0n) is 19.8. The number of rotatable bonds is 6. The summed E-state index contributed by atoms with van der Waals surface area (Å²) in [6, 6.07) is 15.1. The second-order valence-corrected chi connectivity index (χ2v) is 9.65. The zero-order valence-corrected chi connectivity index (χ0v) is 19.8. The van der Waals surface area contributed by atoms with Crippen LogP contribution >= 0.6 is 0 Å². The Morgan fingerprint density at radius 2 is 1.84 bits per heavy atom. The quantitative estimate of drug-likeness (QED) is 0.514. The highest BCUT2D eigenvalue weighted by Crippen LogP contribution is 2.47. The van der Waals surface area contributed by atoms with E-state index in [1.165, 1.54) is 29.5 Å². The van der Waals surface area contributed by atoms with E-state index in [2.05, 4.69) is 73.2 Å². The zero-order chi connectivity index (χ0) is 22.3. The van der Waals surface area contributed by atoms with Crippen LogP contribution in [0.1, 0.15) is 56.8 Å². The average Bonchev–Trinajstić information content (AvgIpc) is 3.61. The minimum Gasteiger partial charge on any atom is -0.496 e. The largest absolute Gasteiger partial charge is 0.496 e. The topological polar surface area (TPSA) is 41.5 Å². The Kier molecular flexibility index (Phi) is 5.44. The standard InChI is InChI=1S/C27H34N4O/c1-5-30(3)20-10-11-23-22(18-20)25(29-26(28-23)27(2)14-15-27)31-16-12-19(13-17-31)21-8-6-7-9-24(21)32-4/h6-11,18-19H,5,12-17H2,1-4H3. The highest BCUT2D eigenvalue weighted by molar-refractivity contribution is 5.92. The van der Waals surface area contributed by atoms with Crippen LogP contribution in [0.2, 0.25) is 0 Å². The van der Waals surface area contributed by atoms with Crippen molar-refractivity contribution >= 4 is 22.4 Å². The third kappa shape index (κ3) is 3.78. The van der Waals surface area contributed by atoms with Gasteiger partial charge in [0.2, 0.25) is 0 Å². The van der Waals surface area contributed by atoms with E-state index in [0.29, 0.717) is 5.92 Å². The van der Waals surface area contributed by atoms with Crippen LogP contribution in [0.25, 0.3) is 10.9 Å². The monoisotopic (exact) mass is 430 g/mol. The summed E-state index contributed by atoms with van der Waals surface area (Å²) in [6.45, 7) is 7.45. The second-order valence-electron chi connectivity index (χ2n) is 9.65. The molecule has 1 aromatic heterocycles. The van der Waals surface area contributed by atoms with Gasteiger partial charge < -0.3 is 14.5 Å². The van der Waals surface area contributed by atoms with Crippen molar-refractivity contribution < 1.29 is 4.74 Å². The molecule has 0 N–H and O–H groups in total. The predicted octanol–water partition coefficient (Wildman–Crippen LogP) is 5.53. The predicted molar refractivity (Wildman–Crippen MR) is 132 cm³/mol. The van der Waals surface area contributed by atoms with E-state index in [9.17, 15) is 0 Å². The normalized spacial score (nSPS) is 18.1. The first-order chi connectivity index (χ1) is 15.5. The fourth-order valence-electron chi connectivity index (χ4n) is 4.85. The number of benzene rings is 2. The van der Waals surface area contributed by atoms with E-state index in [0.717, 1.165) is 55.4 Å². The molecule has 5 rings (SSSR count). The van der Waals surface area contributed by atoms with Crippen molar-refractivity contribution in [3.8, 4) is 5.75 Å². The summed E-state index contributed by atoms with van der Waals surface area (Å²) < 4.78 is 5.64. The number of methoxy groups -OCH3 is 1. The molecular weight excluding hydrogens is 396 g/mol. The Balaban J connectivity index is 1.48. The third-order valence-electron chi connectivity index (χ3n) is 7.49. The van der Waals surface area contributed by atoms with Gasteiger partial charge in [-0.3, -0.25) is 0 Å². The van der Waals surface area contributed by atoms with Crippen LogP contribution < -0.4 is 14.5 Å². The van der Waals surface area contributed by atoms with Gasteiger partial charge in [0.1, 0.15) is 17.4 Å². The molecule has 0 spiro atoms. The van der Waals surface area contributed by atoms with Gasteiger partial charge in [-0.1, -0.05) is 25.1 Å². The molecule has 0 amide bonds. The van der Waals surface area contributed by atoms with Gasteiger partial charge in [0.25, 0.3) is 0 Å². The number of fused-ring (bicyclic) bond motifs is 1. The number of piperidine rings is 1. The summed E-state index contributed by atoms with van der Waals surface area (Å²) in [6.07, 6.45) is 4.58. The molecule has 3 aromatic rings. The molecule has 0 unspecified atom stereocenters. The molecule has 0 bridgehead atoms. The van der Waals surface area contributed by atoms with Crippen molar-refractivity contribution in [2.24, 2.45) is 0 Å². The van der Waals surface area contributed by atoms with E-state index in [-0.39, 0.29) is 5.41 Å². The first-order valence-electron chi connectivity index (χ1n) is 11.9. The minimum absolute atomic E-state index is 0.150. The van der Waals surface area contributed by atoms with Crippen LogP contribution in [0.3, 0.4) is 0 Å². The second kappa shape index (κ2) is 8.27. The first-order valence-corrected chi connectivity index (χ1v) is 11.9. The summed E-state index contributed by atoms with van der Waals surface area (Å²) in [4.78, 5) is 14.9. The first kappa shape index (κ1) is 21.0. The number of para-hydroxylation sites is 1. The molecule has 1 aliphatic carbocycles. The lowest BCUT2D eigenvalue weighted by Crippen LogP contribution is -2.34. The van der Waals surface area contributed by atoms with Crippen molar-refractivity contribution in [2.45, 2.75) is 50.9 Å². The smallest absolute Gasteiger partial charge is 0.140 e. The van der Waals surface area contributed by atoms with Gasteiger partial charge in [0.15, 0.2) is 0 Å². The molecular formula is C27H34N4O. The van der Waals surface area contributed by atoms with E-state index < -0.39 is 0 Å². The lowest BCUT2D eigenvalue weighted by atomic mass is 9.88. The molecule has 1 aliphatic heterocycles. The molecule has 2 heterocycles. The maximum atomic E-state index is 5.64. The van der Waals surface area contributed by atoms with E-state index >= 15 is 0 Å². The molecule has 32 heavy (non-hydrogen) atoms. The van der Waals surface area contributed by atoms with E-state index in [1.807, 2.05) is 0 Å². The molecule has 0 atom stereocenters. The number of nitrogens with zero attached hydrogens (tertiary/aromatic N) is 4. The molecule has 5 heteroatoms. The summed E-state index contributed by atoms with van der Waals surface area (Å²) in [5, 5.41) is 1.17. The molecule has 168 valence electrons. The van der Waals surface area contributed by atoms with Gasteiger partial charge in [0, 0.05) is 43.2 Å². The van der Waals surface area contributed by atoms with Crippen LogP contribution in [-0.2, 0) is 5.41 Å². The molecule has 5 nitrogen and oxygen atoms in total. The van der Waals surface area contributed by atoms with Gasteiger partial charge in [-0.15, -0.1) is 0 Å². The van der Waals surface area contributed by atoms with E-state index in [1.54, 1.807) is 7.11 Å². The highest BCUT2D eigenvalue weighted by Gasteiger charge is 2.42. The summed E-state index contributed by atoms with van der Waals surface area (Å²) in [5.41, 5.74) is 3.77. The molecule has 0 radical (unpaired) electrons. The maximum absolute atomic E-state index is 5.64. The van der Waals surface area contributed by atoms with E-state index in [4.69, 9.17) is 14.7 Å². The summed E-state index contributed by atoms with van der Waals surface area (Å²) >= 11 is 0. The van der Waals surface area contributed by atoms with Crippen LogP contribution in [-0.4, -0.2) is 43.8 Å². The molecule has 2 fully saturated rings. The van der Waals surface area contributed by atoms with Crippen LogP contribution in [0.4, 0.5) is 11.5 Å². The molecule has 1 saturated carbocycles. The average molecular weight is 431 g/mol. The van der Waals surface area contributed by atoms with Crippen LogP contribution in [0.15, 0.2) is 42.5 Å². The van der Waals surface area contributed by atoms with Crippen molar-refractivity contribution in [3.05, 3.63) is 53.9 Å². The van der Waals surface area contributed by atoms with Crippen molar-refractivity contribution in [3.63, 3.8) is 0 Å². The van der Waals surface area contributed by atoms with Crippen LogP contribution in [0.5, 0.6) is 5.75 Å². The SMILES string of the molecule is CCN(C)c1ccc2nc(C3(C)CC3)nc(N3CCC(c4ccccc4OC)CC3)c2c1. The highest BCUT2D eigenvalue weighted by atomic mass is 16.5. The fourth-order valence-corrected chi connectivity index (χ4v) is 4.85. The van der Waals surface area contributed by atoms with Crippen molar-refractivity contribution in [1.29, 1.82) is 0 Å². The van der Waals surface area contributed by atoms with Gasteiger partial charge in [-0.05, 0) is 68.4 Å². The minimum atomic E-state index is 0.150. The number of hydrogen-bond acceptors (Lipinski definition) is 5. The Morgan fingerprint density at radius 3 is 2.53 bits per heavy atom. The van der Waals surface area contributed by atoms with Gasteiger partial charge in [0.05, 0.1) is 12.6 Å². The van der Waals surface area contributed by atoms with Gasteiger partial charge in [-0.25, -0.2) is 9.97 Å². The lowest BCUT2D eigenvalue weighted by Gasteiger charge is -2.34. The fraction of sp³-hybridized carbons (Fsp3) is 0.481. The van der Waals surface area contributed by atoms with Crippen molar-refractivity contribution in [2.75, 3.05) is 43.6 Å². The third-order valence-corrected chi connectivity index (χ3v) is 7.49. The number of aromatic nitrogens is 2. The maximum Gasteiger partial charge on any atom is 0.140 e. The van der Waals surface area contributed by atoms with Crippen molar-refractivity contribution in [1.82, 2.24) is 9.97 Å². The Hall–Kier alpha value is -2.82. The lowest BCUT2D eigenvalue weighted by molar-refractivity contribution is 0.397. The number of ether oxygens (including phenoxy) is 1. The Bertz CT molecular complexity index is 1120. The number of hydrogen-bond donors (Lipinski definition) is 0. The number of anilines is 2. The molecule has 2 aliphatic rings. The van der Waals surface area contributed by atoms with Gasteiger partial charge in [-0.2, -0.15) is 0 Å². The summed E-state index contributed by atoms with van der Waals surface area (Å²) in [5.74, 6) is 3.67.